The fraction of sp³-hybridized carbons (Fsp3) is 0.500. The molecule has 2 unspecified atom stereocenters. The molecule has 0 spiro atoms. The quantitative estimate of drug-likeness (QED) is 0.885. The van der Waals surface area contributed by atoms with Crippen LogP contribution < -0.4 is 5.32 Å². The van der Waals surface area contributed by atoms with E-state index in [1.54, 1.807) is 0 Å². The summed E-state index contributed by atoms with van der Waals surface area (Å²) in [6, 6.07) is 10.2. The van der Waals surface area contributed by atoms with Gasteiger partial charge in [0.05, 0.1) is 12.5 Å². The summed E-state index contributed by atoms with van der Waals surface area (Å²) in [6.45, 7) is 4.51. The maximum Gasteiger partial charge on any atom is 0.237 e. The van der Waals surface area contributed by atoms with Crippen molar-refractivity contribution in [2.24, 2.45) is 0 Å². The summed E-state index contributed by atoms with van der Waals surface area (Å²) in [5.41, 5.74) is 1.14. The molecule has 1 aliphatic heterocycles. The molecule has 0 aliphatic carbocycles. The lowest BCUT2D eigenvalue weighted by Gasteiger charge is -2.15. The first kappa shape index (κ1) is 14.2. The highest BCUT2D eigenvalue weighted by molar-refractivity contribution is 5.23. The van der Waals surface area contributed by atoms with Gasteiger partial charge in [-0.1, -0.05) is 37.3 Å². The van der Waals surface area contributed by atoms with E-state index in [0.717, 1.165) is 31.6 Å². The highest BCUT2D eigenvalue weighted by Gasteiger charge is 2.26. The monoisotopic (exact) mass is 287 g/mol. The van der Waals surface area contributed by atoms with E-state index in [-0.39, 0.29) is 12.0 Å². The average molecular weight is 287 g/mol. The Morgan fingerprint density at radius 2 is 2.14 bits per heavy atom. The topological polar surface area (TPSA) is 60.2 Å². The van der Waals surface area contributed by atoms with E-state index < -0.39 is 0 Å². The van der Waals surface area contributed by atoms with Crippen LogP contribution in [-0.4, -0.2) is 30.0 Å². The normalized spacial score (nSPS) is 19.8. The first-order valence-electron chi connectivity index (χ1n) is 7.58. The van der Waals surface area contributed by atoms with Gasteiger partial charge in [0.2, 0.25) is 11.8 Å². The van der Waals surface area contributed by atoms with Crippen molar-refractivity contribution in [3.8, 4) is 0 Å². The van der Waals surface area contributed by atoms with Crippen LogP contribution in [-0.2, 0) is 4.74 Å². The minimum Gasteiger partial charge on any atom is -0.423 e. The third-order valence-electron chi connectivity index (χ3n) is 3.71. The number of ether oxygens (including phenoxy) is 1. The fourth-order valence-electron chi connectivity index (χ4n) is 2.54. The number of aromatic nitrogens is 2. The molecule has 5 nitrogen and oxygen atoms in total. The van der Waals surface area contributed by atoms with Crippen LogP contribution in [0, 0.1) is 0 Å². The molecule has 0 bridgehead atoms. The first-order valence-corrected chi connectivity index (χ1v) is 7.58. The van der Waals surface area contributed by atoms with E-state index in [0.29, 0.717) is 18.4 Å². The van der Waals surface area contributed by atoms with Gasteiger partial charge in [0.25, 0.3) is 0 Å². The molecule has 1 aliphatic rings. The lowest BCUT2D eigenvalue weighted by atomic mass is 10.1. The molecule has 112 valence electrons. The van der Waals surface area contributed by atoms with Crippen LogP contribution in [0.4, 0.5) is 0 Å². The highest BCUT2D eigenvalue weighted by atomic mass is 16.5. The molecular weight excluding hydrogens is 266 g/mol. The number of nitrogens with one attached hydrogen (secondary N) is 1. The van der Waals surface area contributed by atoms with Crippen LogP contribution in [0.25, 0.3) is 0 Å². The molecule has 1 aromatic carbocycles. The van der Waals surface area contributed by atoms with E-state index in [1.165, 1.54) is 0 Å². The minimum absolute atomic E-state index is 0.0466. The van der Waals surface area contributed by atoms with Crippen LogP contribution in [0.3, 0.4) is 0 Å². The predicted molar refractivity (Wildman–Crippen MR) is 79.1 cm³/mol. The van der Waals surface area contributed by atoms with E-state index in [2.05, 4.69) is 34.6 Å². The standard InChI is InChI=1S/C16H21N3O2/c1-2-9-17-14(12-6-4-3-5-7-12)16-19-18-15(21-16)13-8-10-20-11-13/h3-7,13-14,17H,2,8-11H2,1H3. The number of benzene rings is 1. The van der Waals surface area contributed by atoms with Crippen LogP contribution in [0.5, 0.6) is 0 Å². The van der Waals surface area contributed by atoms with Gasteiger partial charge in [-0.2, -0.15) is 0 Å². The predicted octanol–water partition coefficient (Wildman–Crippen LogP) is 2.66. The van der Waals surface area contributed by atoms with Crippen molar-refractivity contribution in [1.29, 1.82) is 0 Å². The summed E-state index contributed by atoms with van der Waals surface area (Å²) in [6.07, 6.45) is 2.01. The van der Waals surface area contributed by atoms with Crippen LogP contribution in [0.1, 0.15) is 49.1 Å². The van der Waals surface area contributed by atoms with Gasteiger partial charge in [0.15, 0.2) is 0 Å². The van der Waals surface area contributed by atoms with E-state index in [1.807, 2.05) is 18.2 Å². The van der Waals surface area contributed by atoms with Gasteiger partial charge in [-0.3, -0.25) is 0 Å². The molecule has 1 saturated heterocycles. The van der Waals surface area contributed by atoms with Crippen molar-refractivity contribution >= 4 is 0 Å². The van der Waals surface area contributed by atoms with E-state index >= 15 is 0 Å². The molecule has 21 heavy (non-hydrogen) atoms. The second kappa shape index (κ2) is 6.83. The molecule has 2 aromatic rings. The Hall–Kier alpha value is -1.72. The molecule has 1 fully saturated rings. The van der Waals surface area contributed by atoms with Crippen molar-refractivity contribution in [2.45, 2.75) is 31.7 Å². The van der Waals surface area contributed by atoms with Gasteiger partial charge in [0, 0.05) is 6.61 Å². The summed E-state index contributed by atoms with van der Waals surface area (Å²) in [7, 11) is 0. The molecule has 3 rings (SSSR count). The van der Waals surface area contributed by atoms with E-state index in [4.69, 9.17) is 9.15 Å². The SMILES string of the molecule is CCCNC(c1ccccc1)c1nnc(C2CCOC2)o1. The Kier molecular flexibility index (Phi) is 4.62. The lowest BCUT2D eigenvalue weighted by Crippen LogP contribution is -2.23. The van der Waals surface area contributed by atoms with Crippen molar-refractivity contribution in [1.82, 2.24) is 15.5 Å². The van der Waals surface area contributed by atoms with E-state index in [9.17, 15) is 0 Å². The summed E-state index contributed by atoms with van der Waals surface area (Å²) < 4.78 is 11.3. The van der Waals surface area contributed by atoms with Crippen LogP contribution >= 0.6 is 0 Å². The zero-order chi connectivity index (χ0) is 14.5. The van der Waals surface area contributed by atoms with Gasteiger partial charge >= 0.3 is 0 Å². The molecule has 1 aromatic heterocycles. The Morgan fingerprint density at radius 3 is 2.86 bits per heavy atom. The Morgan fingerprint density at radius 1 is 1.29 bits per heavy atom. The smallest absolute Gasteiger partial charge is 0.237 e. The maximum absolute atomic E-state index is 5.92. The van der Waals surface area contributed by atoms with Crippen molar-refractivity contribution < 1.29 is 9.15 Å². The minimum atomic E-state index is -0.0466. The van der Waals surface area contributed by atoms with Crippen molar-refractivity contribution in [2.75, 3.05) is 19.8 Å². The average Bonchev–Trinajstić information content (AvgIpc) is 3.20. The molecule has 2 atom stereocenters. The molecule has 0 radical (unpaired) electrons. The zero-order valence-corrected chi connectivity index (χ0v) is 12.3. The third kappa shape index (κ3) is 3.31. The fourth-order valence-corrected chi connectivity index (χ4v) is 2.54. The van der Waals surface area contributed by atoms with Gasteiger partial charge in [-0.25, -0.2) is 0 Å². The van der Waals surface area contributed by atoms with Crippen molar-refractivity contribution in [3.63, 3.8) is 0 Å². The molecule has 2 heterocycles. The number of rotatable bonds is 6. The summed E-state index contributed by atoms with van der Waals surface area (Å²) in [5, 5.41) is 12.0. The molecule has 0 saturated carbocycles. The maximum atomic E-state index is 5.92. The largest absolute Gasteiger partial charge is 0.423 e. The second-order valence-corrected chi connectivity index (χ2v) is 5.34. The Labute approximate surface area is 124 Å². The second-order valence-electron chi connectivity index (χ2n) is 5.34. The van der Waals surface area contributed by atoms with Crippen LogP contribution in [0.2, 0.25) is 0 Å². The first-order chi connectivity index (χ1) is 10.4. The Bertz CT molecular complexity index is 550. The number of nitrogens with zero attached hydrogens (tertiary/aromatic N) is 2. The van der Waals surface area contributed by atoms with Gasteiger partial charge < -0.3 is 14.5 Å². The summed E-state index contributed by atoms with van der Waals surface area (Å²) >= 11 is 0. The lowest BCUT2D eigenvalue weighted by molar-refractivity contribution is 0.190. The zero-order valence-electron chi connectivity index (χ0n) is 12.3. The number of hydrogen-bond donors (Lipinski definition) is 1. The molecule has 1 N–H and O–H groups in total. The molecule has 5 heteroatoms. The van der Waals surface area contributed by atoms with Gasteiger partial charge in [-0.15, -0.1) is 10.2 Å². The highest BCUT2D eigenvalue weighted by Crippen LogP contribution is 2.27. The van der Waals surface area contributed by atoms with Crippen molar-refractivity contribution in [3.05, 3.63) is 47.7 Å². The van der Waals surface area contributed by atoms with Gasteiger partial charge in [0.1, 0.15) is 6.04 Å². The summed E-state index contributed by atoms with van der Waals surface area (Å²) in [5.74, 6) is 1.58. The summed E-state index contributed by atoms with van der Waals surface area (Å²) in [4.78, 5) is 0. The Balaban J connectivity index is 1.82. The molecular formula is C16H21N3O2. The molecule has 0 amide bonds. The number of hydrogen-bond acceptors (Lipinski definition) is 5. The van der Waals surface area contributed by atoms with Crippen LogP contribution in [0.15, 0.2) is 34.7 Å². The van der Waals surface area contributed by atoms with Gasteiger partial charge in [-0.05, 0) is 24.9 Å². The third-order valence-corrected chi connectivity index (χ3v) is 3.71.